The quantitative estimate of drug-likeness (QED) is 0.330. The molecule has 0 aliphatic rings. The topological polar surface area (TPSA) is 127 Å². The maximum Gasteiger partial charge on any atom is 0.157 e. The van der Waals surface area contributed by atoms with Crippen molar-refractivity contribution >= 4 is 12.1 Å². The average molecular weight is 350 g/mol. The molecule has 6 heteroatoms. The van der Waals surface area contributed by atoms with Crippen LogP contribution < -0.4 is 11.5 Å². The summed E-state index contributed by atoms with van der Waals surface area (Å²) >= 11 is 0. The number of Topliss-reactive ketones (excluding diaryl/α,β-unsaturated/α-hetero) is 1. The summed E-state index contributed by atoms with van der Waals surface area (Å²) in [4.78, 5) is 24.0. The van der Waals surface area contributed by atoms with Crippen LogP contribution in [-0.4, -0.2) is 35.1 Å². The van der Waals surface area contributed by atoms with E-state index in [1.807, 2.05) is 37.3 Å². The first-order chi connectivity index (χ1) is 11.8. The number of nitrogens with two attached hydrogens (primary N) is 2. The predicted octanol–water partition coefficient (Wildman–Crippen LogP) is 1.08. The zero-order chi connectivity index (χ0) is 18.9. The van der Waals surface area contributed by atoms with Gasteiger partial charge >= 0.3 is 0 Å². The lowest BCUT2D eigenvalue weighted by atomic mass is 9.75. The van der Waals surface area contributed by atoms with Gasteiger partial charge in [0.15, 0.2) is 12.1 Å². The number of aliphatic hydroxyl groups excluding tert-OH is 1. The van der Waals surface area contributed by atoms with E-state index in [9.17, 15) is 9.59 Å². The van der Waals surface area contributed by atoms with Crippen molar-refractivity contribution in [3.63, 3.8) is 0 Å². The number of carbonyl (C=O) groups excluding carboxylic acids is 2. The second-order valence-corrected chi connectivity index (χ2v) is 6.84. The molecule has 0 radical (unpaired) electrons. The fraction of sp³-hybridized carbons (Fsp3) is 0.579. The van der Waals surface area contributed by atoms with Gasteiger partial charge < -0.3 is 26.5 Å². The second kappa shape index (κ2) is 10.4. The minimum atomic E-state index is -1.44. The summed E-state index contributed by atoms with van der Waals surface area (Å²) in [7, 11) is 0. The molecule has 1 aromatic rings. The summed E-state index contributed by atoms with van der Waals surface area (Å²) in [5.41, 5.74) is 11.7. The number of benzene rings is 1. The minimum Gasteiger partial charge on any atom is -0.368 e. The van der Waals surface area contributed by atoms with E-state index in [0.717, 1.165) is 6.29 Å². The van der Waals surface area contributed by atoms with Crippen LogP contribution in [0, 0.1) is 11.8 Å². The van der Waals surface area contributed by atoms with Crippen molar-refractivity contribution in [2.24, 2.45) is 23.3 Å². The molecule has 0 aliphatic heterocycles. The van der Waals surface area contributed by atoms with Crippen molar-refractivity contribution in [1.29, 1.82) is 0 Å². The SMILES string of the molecule is CC(CN)CC(=O)C(N)(CC(CC=O)CCC(O)O)c1ccccc1. The highest BCUT2D eigenvalue weighted by molar-refractivity contribution is 5.89. The van der Waals surface area contributed by atoms with E-state index >= 15 is 0 Å². The Morgan fingerprint density at radius 3 is 2.40 bits per heavy atom. The Morgan fingerprint density at radius 1 is 1.24 bits per heavy atom. The van der Waals surface area contributed by atoms with E-state index in [1.165, 1.54) is 0 Å². The smallest absolute Gasteiger partial charge is 0.157 e. The van der Waals surface area contributed by atoms with Gasteiger partial charge in [0, 0.05) is 12.8 Å². The summed E-state index contributed by atoms with van der Waals surface area (Å²) in [5, 5.41) is 18.2. The van der Waals surface area contributed by atoms with Gasteiger partial charge in [-0.15, -0.1) is 0 Å². The lowest BCUT2D eigenvalue weighted by molar-refractivity contribution is -0.126. The Labute approximate surface area is 149 Å². The third kappa shape index (κ3) is 6.66. The highest BCUT2D eigenvalue weighted by atomic mass is 16.5. The maximum atomic E-state index is 12.9. The van der Waals surface area contributed by atoms with E-state index in [1.54, 1.807) is 0 Å². The molecule has 0 aromatic heterocycles. The minimum absolute atomic E-state index is 0.0166. The first-order valence-electron chi connectivity index (χ1n) is 8.71. The molecule has 0 saturated carbocycles. The van der Waals surface area contributed by atoms with Crippen LogP contribution in [0.4, 0.5) is 0 Å². The lowest BCUT2D eigenvalue weighted by Crippen LogP contribution is -2.47. The van der Waals surface area contributed by atoms with Gasteiger partial charge in [-0.2, -0.15) is 0 Å². The van der Waals surface area contributed by atoms with Crippen LogP contribution >= 0.6 is 0 Å². The molecule has 0 amide bonds. The standard InChI is InChI=1S/C19H30N2O4/c1-14(13-20)11-17(23)19(21,16-5-3-2-4-6-16)12-15(9-10-22)7-8-18(24)25/h2-6,10,14-15,18,24-25H,7-9,11-13,20-21H2,1H3. The summed E-state index contributed by atoms with van der Waals surface area (Å²) < 4.78 is 0. The van der Waals surface area contributed by atoms with Crippen molar-refractivity contribution in [3.05, 3.63) is 35.9 Å². The van der Waals surface area contributed by atoms with Crippen LogP contribution in [0.3, 0.4) is 0 Å². The van der Waals surface area contributed by atoms with Gasteiger partial charge in [-0.05, 0) is 43.2 Å². The van der Waals surface area contributed by atoms with E-state index < -0.39 is 11.8 Å². The number of hydrogen-bond acceptors (Lipinski definition) is 6. The zero-order valence-corrected chi connectivity index (χ0v) is 14.8. The third-order valence-corrected chi connectivity index (χ3v) is 4.60. The number of carbonyl (C=O) groups is 2. The Kier molecular flexibility index (Phi) is 8.92. The fourth-order valence-electron chi connectivity index (χ4n) is 2.99. The average Bonchev–Trinajstić information content (AvgIpc) is 2.60. The van der Waals surface area contributed by atoms with Gasteiger partial charge in [0.1, 0.15) is 11.8 Å². The van der Waals surface area contributed by atoms with Crippen LogP contribution in [0.2, 0.25) is 0 Å². The van der Waals surface area contributed by atoms with Crippen molar-refractivity contribution in [1.82, 2.24) is 0 Å². The molecule has 0 bridgehead atoms. The van der Waals surface area contributed by atoms with Gasteiger partial charge in [-0.3, -0.25) is 4.79 Å². The number of ketones is 1. The molecule has 3 unspecified atom stereocenters. The van der Waals surface area contributed by atoms with Gasteiger partial charge in [0.2, 0.25) is 0 Å². The molecule has 1 rings (SSSR count). The molecule has 0 fully saturated rings. The van der Waals surface area contributed by atoms with Crippen LogP contribution in [-0.2, 0) is 15.1 Å². The molecule has 0 spiro atoms. The Bertz CT molecular complexity index is 535. The van der Waals surface area contributed by atoms with Crippen LogP contribution in [0.15, 0.2) is 30.3 Å². The summed E-state index contributed by atoms with van der Waals surface area (Å²) in [6.45, 7) is 2.29. The predicted molar refractivity (Wildman–Crippen MR) is 96.4 cm³/mol. The molecule has 6 N–H and O–H groups in total. The summed E-state index contributed by atoms with van der Waals surface area (Å²) in [5.74, 6) is -0.304. The maximum absolute atomic E-state index is 12.9. The molecular formula is C19H30N2O4. The fourth-order valence-corrected chi connectivity index (χ4v) is 2.99. The van der Waals surface area contributed by atoms with Crippen LogP contribution in [0.25, 0.3) is 0 Å². The molecule has 0 aliphatic carbocycles. The zero-order valence-electron chi connectivity index (χ0n) is 14.8. The highest BCUT2D eigenvalue weighted by Crippen LogP contribution is 2.32. The first kappa shape index (κ1) is 21.4. The summed E-state index contributed by atoms with van der Waals surface area (Å²) in [6, 6.07) is 9.11. The number of aldehydes is 1. The molecule has 1 aromatic carbocycles. The molecule has 140 valence electrons. The van der Waals surface area contributed by atoms with E-state index in [-0.39, 0.29) is 43.3 Å². The lowest BCUT2D eigenvalue weighted by Gasteiger charge is -2.33. The Balaban J connectivity index is 3.07. The van der Waals surface area contributed by atoms with Gasteiger partial charge in [-0.1, -0.05) is 37.3 Å². The molecule has 0 saturated heterocycles. The van der Waals surface area contributed by atoms with Gasteiger partial charge in [-0.25, -0.2) is 0 Å². The largest absolute Gasteiger partial charge is 0.368 e. The molecule has 0 heterocycles. The first-order valence-corrected chi connectivity index (χ1v) is 8.71. The number of rotatable bonds is 12. The van der Waals surface area contributed by atoms with Gasteiger partial charge in [0.05, 0.1) is 0 Å². The number of hydrogen-bond donors (Lipinski definition) is 4. The molecule has 25 heavy (non-hydrogen) atoms. The third-order valence-electron chi connectivity index (χ3n) is 4.60. The summed E-state index contributed by atoms with van der Waals surface area (Å²) in [6.07, 6.45) is 0.645. The van der Waals surface area contributed by atoms with Crippen molar-refractivity contribution in [3.8, 4) is 0 Å². The van der Waals surface area contributed by atoms with Crippen LogP contribution in [0.1, 0.15) is 44.6 Å². The monoisotopic (exact) mass is 350 g/mol. The Morgan fingerprint density at radius 2 is 1.88 bits per heavy atom. The van der Waals surface area contributed by atoms with Gasteiger partial charge in [0.25, 0.3) is 0 Å². The number of aliphatic hydroxyl groups is 2. The van der Waals surface area contributed by atoms with E-state index in [0.29, 0.717) is 18.5 Å². The van der Waals surface area contributed by atoms with Crippen molar-refractivity contribution in [2.45, 2.75) is 50.9 Å². The normalized spacial score (nSPS) is 16.2. The molecule has 6 nitrogen and oxygen atoms in total. The van der Waals surface area contributed by atoms with Crippen molar-refractivity contribution in [2.75, 3.05) is 6.54 Å². The highest BCUT2D eigenvalue weighted by Gasteiger charge is 2.38. The van der Waals surface area contributed by atoms with E-state index in [2.05, 4.69) is 0 Å². The van der Waals surface area contributed by atoms with Crippen LogP contribution in [0.5, 0.6) is 0 Å². The Hall–Kier alpha value is -1.60. The van der Waals surface area contributed by atoms with E-state index in [4.69, 9.17) is 21.7 Å². The van der Waals surface area contributed by atoms with Crippen molar-refractivity contribution < 1.29 is 19.8 Å². The second-order valence-electron chi connectivity index (χ2n) is 6.84. The molecular weight excluding hydrogens is 320 g/mol. The molecule has 3 atom stereocenters.